The van der Waals surface area contributed by atoms with Crippen molar-refractivity contribution in [1.82, 2.24) is 0 Å². The van der Waals surface area contributed by atoms with E-state index < -0.39 is 5.60 Å². The largest absolute Gasteiger partial charge is 0.493 e. The van der Waals surface area contributed by atoms with Gasteiger partial charge in [0.15, 0.2) is 0 Å². The highest BCUT2D eigenvalue weighted by Crippen LogP contribution is 2.50. The minimum Gasteiger partial charge on any atom is -0.493 e. The molecule has 1 aliphatic carbocycles. The van der Waals surface area contributed by atoms with Crippen molar-refractivity contribution in [2.75, 3.05) is 6.61 Å². The highest BCUT2D eigenvalue weighted by molar-refractivity contribution is 5.39. The molecule has 2 unspecified atom stereocenters. The third-order valence-electron chi connectivity index (χ3n) is 4.67. The van der Waals surface area contributed by atoms with Crippen LogP contribution in [0.2, 0.25) is 0 Å². The predicted octanol–water partition coefficient (Wildman–Crippen LogP) is 4.51. The molecular weight excluding hydrogens is 248 g/mol. The Kier molecular flexibility index (Phi) is 4.43. The molecule has 1 aromatic rings. The molecule has 2 atom stereocenters. The Balaban J connectivity index is 2.30. The van der Waals surface area contributed by atoms with Crippen molar-refractivity contribution in [2.24, 2.45) is 11.3 Å². The summed E-state index contributed by atoms with van der Waals surface area (Å²) in [5, 5.41) is 11.2. The summed E-state index contributed by atoms with van der Waals surface area (Å²) >= 11 is 0. The summed E-state index contributed by atoms with van der Waals surface area (Å²) in [6, 6.07) is 7.99. The lowest BCUT2D eigenvalue weighted by molar-refractivity contribution is -0.0784. The third kappa shape index (κ3) is 3.01. The van der Waals surface area contributed by atoms with Gasteiger partial charge in [0.05, 0.1) is 12.2 Å². The summed E-state index contributed by atoms with van der Waals surface area (Å²) in [4.78, 5) is 0. The Hall–Kier alpha value is -1.02. The Morgan fingerprint density at radius 1 is 1.25 bits per heavy atom. The summed E-state index contributed by atoms with van der Waals surface area (Å²) in [7, 11) is 0. The maximum Gasteiger partial charge on any atom is 0.125 e. The first-order valence-electron chi connectivity index (χ1n) is 7.84. The lowest BCUT2D eigenvalue weighted by Gasteiger charge is -2.45. The summed E-state index contributed by atoms with van der Waals surface area (Å²) < 4.78 is 5.85. The second-order valence-corrected chi connectivity index (χ2v) is 7.04. The van der Waals surface area contributed by atoms with Gasteiger partial charge in [-0.05, 0) is 43.1 Å². The topological polar surface area (TPSA) is 29.5 Å². The molecule has 2 rings (SSSR count). The van der Waals surface area contributed by atoms with Gasteiger partial charge in [-0.25, -0.2) is 0 Å². The fraction of sp³-hybridized carbons (Fsp3) is 0.667. The highest BCUT2D eigenvalue weighted by Gasteiger charge is 2.44. The molecule has 0 amide bonds. The van der Waals surface area contributed by atoms with Crippen LogP contribution in [0.25, 0.3) is 0 Å². The van der Waals surface area contributed by atoms with E-state index in [1.807, 2.05) is 24.3 Å². The van der Waals surface area contributed by atoms with E-state index in [0.717, 1.165) is 37.0 Å². The smallest absolute Gasteiger partial charge is 0.125 e. The first-order chi connectivity index (χ1) is 9.39. The molecule has 0 aromatic heterocycles. The Labute approximate surface area is 123 Å². The molecule has 1 N–H and O–H groups in total. The van der Waals surface area contributed by atoms with Gasteiger partial charge in [0.1, 0.15) is 5.75 Å². The van der Waals surface area contributed by atoms with Crippen molar-refractivity contribution in [3.63, 3.8) is 0 Å². The number of benzene rings is 1. The molecule has 1 aromatic carbocycles. The van der Waals surface area contributed by atoms with E-state index in [2.05, 4.69) is 27.7 Å². The van der Waals surface area contributed by atoms with Crippen molar-refractivity contribution >= 4 is 0 Å². The van der Waals surface area contributed by atoms with E-state index in [4.69, 9.17) is 4.74 Å². The van der Waals surface area contributed by atoms with Crippen molar-refractivity contribution in [3.8, 4) is 5.75 Å². The van der Waals surface area contributed by atoms with Crippen molar-refractivity contribution < 1.29 is 9.84 Å². The zero-order chi connectivity index (χ0) is 14.8. The van der Waals surface area contributed by atoms with Gasteiger partial charge < -0.3 is 9.84 Å². The van der Waals surface area contributed by atoms with Gasteiger partial charge in [0.25, 0.3) is 0 Å². The Bertz CT molecular complexity index is 452. The van der Waals surface area contributed by atoms with Gasteiger partial charge in [-0.3, -0.25) is 0 Å². The third-order valence-corrected chi connectivity index (χ3v) is 4.67. The van der Waals surface area contributed by atoms with E-state index in [9.17, 15) is 5.11 Å². The van der Waals surface area contributed by atoms with Gasteiger partial charge >= 0.3 is 0 Å². The minimum absolute atomic E-state index is 0.248. The quantitative estimate of drug-likeness (QED) is 0.876. The number of hydrogen-bond donors (Lipinski definition) is 1. The van der Waals surface area contributed by atoms with Crippen LogP contribution in [0.5, 0.6) is 5.75 Å². The van der Waals surface area contributed by atoms with Crippen LogP contribution in [0.1, 0.15) is 58.9 Å². The van der Waals surface area contributed by atoms with E-state index in [1.54, 1.807) is 0 Å². The molecule has 112 valence electrons. The van der Waals surface area contributed by atoms with Crippen LogP contribution in [0.3, 0.4) is 0 Å². The van der Waals surface area contributed by atoms with Crippen LogP contribution in [-0.4, -0.2) is 11.7 Å². The highest BCUT2D eigenvalue weighted by atomic mass is 16.5. The van der Waals surface area contributed by atoms with Crippen LogP contribution in [-0.2, 0) is 5.60 Å². The Morgan fingerprint density at radius 2 is 1.95 bits per heavy atom. The number of aliphatic hydroxyl groups is 1. The molecule has 0 saturated heterocycles. The molecule has 1 fully saturated rings. The first kappa shape index (κ1) is 15.4. The number of ether oxygens (including phenoxy) is 1. The van der Waals surface area contributed by atoms with Crippen LogP contribution in [0.15, 0.2) is 24.3 Å². The number of para-hydroxylation sites is 1. The average Bonchev–Trinajstić information content (AvgIpc) is 2.41. The van der Waals surface area contributed by atoms with Crippen LogP contribution in [0.4, 0.5) is 0 Å². The molecule has 0 bridgehead atoms. The minimum atomic E-state index is -0.750. The molecule has 1 aliphatic rings. The van der Waals surface area contributed by atoms with Gasteiger partial charge in [-0.1, -0.05) is 45.9 Å². The molecule has 0 spiro atoms. The predicted molar refractivity (Wildman–Crippen MR) is 82.9 cm³/mol. The van der Waals surface area contributed by atoms with Crippen molar-refractivity contribution in [2.45, 2.75) is 59.0 Å². The zero-order valence-electron chi connectivity index (χ0n) is 13.3. The second-order valence-electron chi connectivity index (χ2n) is 7.04. The molecule has 20 heavy (non-hydrogen) atoms. The maximum atomic E-state index is 11.2. The van der Waals surface area contributed by atoms with Gasteiger partial charge in [-0.2, -0.15) is 0 Å². The second kappa shape index (κ2) is 5.77. The lowest BCUT2D eigenvalue weighted by Crippen LogP contribution is -2.41. The van der Waals surface area contributed by atoms with Gasteiger partial charge in [-0.15, -0.1) is 0 Å². The van der Waals surface area contributed by atoms with Crippen LogP contribution in [0, 0.1) is 11.3 Å². The van der Waals surface area contributed by atoms with Gasteiger partial charge in [0, 0.05) is 5.56 Å². The zero-order valence-corrected chi connectivity index (χ0v) is 13.3. The fourth-order valence-corrected chi connectivity index (χ4v) is 3.44. The number of hydrogen-bond acceptors (Lipinski definition) is 2. The van der Waals surface area contributed by atoms with Crippen LogP contribution < -0.4 is 4.74 Å². The number of rotatable bonds is 4. The first-order valence-corrected chi connectivity index (χ1v) is 7.84. The van der Waals surface area contributed by atoms with Crippen molar-refractivity contribution in [3.05, 3.63) is 29.8 Å². The van der Waals surface area contributed by atoms with E-state index in [0.29, 0.717) is 12.0 Å². The standard InChI is InChI=1S/C18H28O2/c1-5-12-20-16-9-7-6-8-15(16)18(19)11-10-17(3,4)13-14(18)2/h6-9,14,19H,5,10-13H2,1-4H3. The maximum absolute atomic E-state index is 11.2. The van der Waals surface area contributed by atoms with Gasteiger partial charge in [0.2, 0.25) is 0 Å². The van der Waals surface area contributed by atoms with Crippen LogP contribution >= 0.6 is 0 Å². The summed E-state index contributed by atoms with van der Waals surface area (Å²) in [5.74, 6) is 1.10. The molecule has 2 nitrogen and oxygen atoms in total. The summed E-state index contributed by atoms with van der Waals surface area (Å²) in [5.41, 5.74) is 0.543. The fourth-order valence-electron chi connectivity index (χ4n) is 3.44. The SMILES string of the molecule is CCCOc1ccccc1C1(O)CCC(C)(C)CC1C. The molecule has 0 radical (unpaired) electrons. The average molecular weight is 276 g/mol. The summed E-state index contributed by atoms with van der Waals surface area (Å²) in [6.45, 7) is 9.55. The normalized spacial score (nSPS) is 29.1. The Morgan fingerprint density at radius 3 is 2.60 bits per heavy atom. The monoisotopic (exact) mass is 276 g/mol. The van der Waals surface area contributed by atoms with Crippen molar-refractivity contribution in [1.29, 1.82) is 0 Å². The molecule has 0 aliphatic heterocycles. The molecule has 1 saturated carbocycles. The lowest BCUT2D eigenvalue weighted by atomic mass is 9.63. The molecule has 0 heterocycles. The van der Waals surface area contributed by atoms with E-state index >= 15 is 0 Å². The summed E-state index contributed by atoms with van der Waals surface area (Å²) in [6.07, 6.45) is 3.89. The molecular formula is C18H28O2. The van der Waals surface area contributed by atoms with E-state index in [-0.39, 0.29) is 5.92 Å². The molecule has 2 heteroatoms. The van der Waals surface area contributed by atoms with E-state index in [1.165, 1.54) is 0 Å².